The van der Waals surface area contributed by atoms with Crippen molar-refractivity contribution in [2.24, 2.45) is 0 Å². The van der Waals surface area contributed by atoms with Crippen LogP contribution >= 0.6 is 0 Å². The van der Waals surface area contributed by atoms with E-state index in [0.717, 1.165) is 0 Å². The monoisotopic (exact) mass is 286 g/mol. The van der Waals surface area contributed by atoms with Gasteiger partial charge in [-0.25, -0.2) is 12.8 Å². The number of halogens is 1. The van der Waals surface area contributed by atoms with Crippen molar-refractivity contribution < 1.29 is 17.6 Å². The number of nitrogens with zero attached hydrogens (tertiary/aromatic N) is 2. The molecule has 0 bridgehead atoms. The highest BCUT2D eigenvalue weighted by Crippen LogP contribution is 2.22. The number of benzene rings is 1. The minimum atomic E-state index is -3.19. The third-order valence-electron chi connectivity index (χ3n) is 3.16. The van der Waals surface area contributed by atoms with Crippen LogP contribution < -0.4 is 4.90 Å². The van der Waals surface area contributed by atoms with Crippen LogP contribution in [-0.4, -0.2) is 51.4 Å². The lowest BCUT2D eigenvalue weighted by Gasteiger charge is -2.34. The number of hydrogen-bond acceptors (Lipinski definition) is 4. The van der Waals surface area contributed by atoms with Gasteiger partial charge >= 0.3 is 0 Å². The Kier molecular flexibility index (Phi) is 3.86. The summed E-state index contributed by atoms with van der Waals surface area (Å²) in [5.41, 5.74) is 0.690. The van der Waals surface area contributed by atoms with Crippen LogP contribution in [0.4, 0.5) is 10.1 Å². The van der Waals surface area contributed by atoms with Crippen LogP contribution in [-0.2, 0) is 10.0 Å². The fourth-order valence-electron chi connectivity index (χ4n) is 2.11. The molecule has 1 aliphatic rings. The molecule has 19 heavy (non-hydrogen) atoms. The van der Waals surface area contributed by atoms with Crippen molar-refractivity contribution in [1.82, 2.24) is 4.31 Å². The Morgan fingerprint density at radius 3 is 2.32 bits per heavy atom. The van der Waals surface area contributed by atoms with E-state index in [4.69, 9.17) is 0 Å². The number of aldehydes is 1. The Balaban J connectivity index is 2.12. The van der Waals surface area contributed by atoms with Crippen molar-refractivity contribution in [3.63, 3.8) is 0 Å². The number of rotatable bonds is 3. The van der Waals surface area contributed by atoms with E-state index in [9.17, 15) is 17.6 Å². The molecule has 1 aliphatic heterocycles. The summed E-state index contributed by atoms with van der Waals surface area (Å²) in [6.45, 7) is 1.55. The van der Waals surface area contributed by atoms with Crippen LogP contribution in [0.25, 0.3) is 0 Å². The zero-order valence-electron chi connectivity index (χ0n) is 10.5. The predicted molar refractivity (Wildman–Crippen MR) is 70.4 cm³/mol. The molecule has 0 aromatic heterocycles. The molecule has 1 fully saturated rings. The summed E-state index contributed by atoms with van der Waals surface area (Å²) in [6, 6.07) is 4.29. The fourth-order valence-corrected chi connectivity index (χ4v) is 2.94. The zero-order chi connectivity index (χ0) is 14.0. The highest BCUT2D eigenvalue weighted by molar-refractivity contribution is 7.88. The zero-order valence-corrected chi connectivity index (χ0v) is 11.4. The number of carbonyl (C=O) groups excluding carboxylic acids is 1. The molecule has 1 aromatic carbocycles. The molecule has 0 radical (unpaired) electrons. The van der Waals surface area contributed by atoms with Crippen molar-refractivity contribution in [1.29, 1.82) is 0 Å². The highest BCUT2D eigenvalue weighted by atomic mass is 32.2. The van der Waals surface area contributed by atoms with E-state index in [0.29, 0.717) is 38.2 Å². The van der Waals surface area contributed by atoms with Crippen molar-refractivity contribution in [2.75, 3.05) is 37.3 Å². The Hall–Kier alpha value is -1.47. The minimum Gasteiger partial charge on any atom is -0.367 e. The van der Waals surface area contributed by atoms with E-state index in [1.165, 1.54) is 16.6 Å². The Bertz CT molecular complexity index is 581. The molecule has 5 nitrogen and oxygen atoms in total. The number of hydrogen-bond donors (Lipinski definition) is 0. The third kappa shape index (κ3) is 3.10. The molecule has 104 valence electrons. The minimum absolute atomic E-state index is 0.288. The molecule has 0 N–H and O–H groups in total. The van der Waals surface area contributed by atoms with Gasteiger partial charge < -0.3 is 4.90 Å². The Labute approximate surface area is 111 Å². The first-order valence-electron chi connectivity index (χ1n) is 5.86. The van der Waals surface area contributed by atoms with E-state index in [2.05, 4.69) is 0 Å². The molecule has 0 spiro atoms. The van der Waals surface area contributed by atoms with Gasteiger partial charge in [0.25, 0.3) is 0 Å². The van der Waals surface area contributed by atoms with Crippen molar-refractivity contribution in [3.8, 4) is 0 Å². The van der Waals surface area contributed by atoms with Gasteiger partial charge in [-0.2, -0.15) is 4.31 Å². The van der Waals surface area contributed by atoms with Gasteiger partial charge in [0.2, 0.25) is 10.0 Å². The summed E-state index contributed by atoms with van der Waals surface area (Å²) >= 11 is 0. The lowest BCUT2D eigenvalue weighted by atomic mass is 10.2. The molecular weight excluding hydrogens is 271 g/mol. The number of sulfonamides is 1. The number of piperazine rings is 1. The standard InChI is InChI=1S/C12H15FN2O3S/c1-19(17,18)15-6-4-14(5-7-15)12-3-2-10(9-16)8-11(12)13/h2-3,8-9H,4-7H2,1H3. The topological polar surface area (TPSA) is 57.7 Å². The van der Waals surface area contributed by atoms with Crippen LogP contribution in [0.2, 0.25) is 0 Å². The normalized spacial score (nSPS) is 17.5. The molecule has 1 aromatic rings. The Morgan fingerprint density at radius 1 is 1.21 bits per heavy atom. The highest BCUT2D eigenvalue weighted by Gasteiger charge is 2.24. The van der Waals surface area contributed by atoms with E-state index >= 15 is 0 Å². The van der Waals surface area contributed by atoms with Crippen LogP contribution in [0, 0.1) is 5.82 Å². The van der Waals surface area contributed by atoms with Crippen LogP contribution in [0.3, 0.4) is 0 Å². The van der Waals surface area contributed by atoms with Gasteiger partial charge in [0.1, 0.15) is 12.1 Å². The van der Waals surface area contributed by atoms with E-state index in [-0.39, 0.29) is 5.56 Å². The smallest absolute Gasteiger partial charge is 0.211 e. The van der Waals surface area contributed by atoms with Crippen LogP contribution in [0.15, 0.2) is 18.2 Å². The second-order valence-electron chi connectivity index (χ2n) is 4.48. The van der Waals surface area contributed by atoms with Gasteiger partial charge in [-0.3, -0.25) is 4.79 Å². The maximum Gasteiger partial charge on any atom is 0.211 e. The van der Waals surface area contributed by atoms with Gasteiger partial charge in [0, 0.05) is 31.7 Å². The first kappa shape index (κ1) is 14.0. The first-order valence-corrected chi connectivity index (χ1v) is 7.71. The maximum atomic E-state index is 13.8. The van der Waals surface area contributed by atoms with Crippen molar-refractivity contribution in [3.05, 3.63) is 29.6 Å². The third-order valence-corrected chi connectivity index (χ3v) is 4.46. The fraction of sp³-hybridized carbons (Fsp3) is 0.417. The first-order chi connectivity index (χ1) is 8.91. The summed E-state index contributed by atoms with van der Waals surface area (Å²) in [4.78, 5) is 12.3. The molecule has 0 unspecified atom stereocenters. The molecule has 0 saturated carbocycles. The van der Waals surface area contributed by atoms with E-state index < -0.39 is 15.8 Å². The summed E-state index contributed by atoms with van der Waals surface area (Å²) < 4.78 is 37.9. The lowest BCUT2D eigenvalue weighted by molar-refractivity contribution is 0.112. The van der Waals surface area contributed by atoms with Gasteiger partial charge in [-0.05, 0) is 18.2 Å². The molecule has 0 amide bonds. The van der Waals surface area contributed by atoms with Crippen LogP contribution in [0.5, 0.6) is 0 Å². The quantitative estimate of drug-likeness (QED) is 0.768. The molecular formula is C12H15FN2O3S. The lowest BCUT2D eigenvalue weighted by Crippen LogP contribution is -2.48. The van der Waals surface area contributed by atoms with Gasteiger partial charge in [0.15, 0.2) is 0 Å². The SMILES string of the molecule is CS(=O)(=O)N1CCN(c2ccc(C=O)cc2F)CC1. The second kappa shape index (κ2) is 5.26. The average molecular weight is 286 g/mol. The average Bonchev–Trinajstić information content (AvgIpc) is 2.37. The second-order valence-corrected chi connectivity index (χ2v) is 6.46. The molecule has 1 saturated heterocycles. The molecule has 2 rings (SSSR count). The van der Waals surface area contributed by atoms with E-state index in [1.807, 2.05) is 0 Å². The van der Waals surface area contributed by atoms with Crippen LogP contribution in [0.1, 0.15) is 10.4 Å². The molecule has 1 heterocycles. The summed E-state index contributed by atoms with van der Waals surface area (Å²) in [5.74, 6) is -0.461. The maximum absolute atomic E-state index is 13.8. The summed E-state index contributed by atoms with van der Waals surface area (Å²) in [7, 11) is -3.19. The number of carbonyl (C=O) groups is 1. The summed E-state index contributed by atoms with van der Waals surface area (Å²) in [5, 5.41) is 0. The molecule has 0 aliphatic carbocycles. The molecule has 0 atom stereocenters. The molecule has 7 heteroatoms. The van der Waals surface area contributed by atoms with Gasteiger partial charge in [0.05, 0.1) is 11.9 Å². The van der Waals surface area contributed by atoms with Crippen molar-refractivity contribution >= 4 is 22.0 Å². The number of anilines is 1. The van der Waals surface area contributed by atoms with Gasteiger partial charge in [-0.15, -0.1) is 0 Å². The largest absolute Gasteiger partial charge is 0.367 e. The predicted octanol–water partition coefficient (Wildman–Crippen LogP) is 0.720. The Morgan fingerprint density at radius 2 is 1.84 bits per heavy atom. The van der Waals surface area contributed by atoms with Gasteiger partial charge in [-0.1, -0.05) is 0 Å². The van der Waals surface area contributed by atoms with E-state index in [1.54, 1.807) is 17.0 Å². The van der Waals surface area contributed by atoms with Crippen molar-refractivity contribution in [2.45, 2.75) is 0 Å². The summed E-state index contributed by atoms with van der Waals surface area (Å²) in [6.07, 6.45) is 1.76.